The van der Waals surface area contributed by atoms with Crippen LogP contribution in [0.2, 0.25) is 0 Å². The molecule has 5 heteroatoms. The minimum absolute atomic E-state index is 0. The van der Waals surface area contributed by atoms with Crippen LogP contribution in [0.3, 0.4) is 0 Å². The molecule has 4 nitrogen and oxygen atoms in total. The van der Waals surface area contributed by atoms with Gasteiger partial charge in [0, 0.05) is 26.1 Å². The third-order valence-electron chi connectivity index (χ3n) is 4.92. The fraction of sp³-hybridized carbons (Fsp3) is 0.409. The molecule has 3 rings (SSSR count). The first-order valence-corrected chi connectivity index (χ1v) is 9.27. The molecule has 1 aliphatic rings. The molecule has 1 atom stereocenters. The molecule has 2 aromatic rings. The van der Waals surface area contributed by atoms with Crippen molar-refractivity contribution in [1.29, 1.82) is 0 Å². The van der Waals surface area contributed by atoms with E-state index in [1.54, 1.807) is 0 Å². The lowest BCUT2D eigenvalue weighted by molar-refractivity contribution is -0.159. The monoisotopic (exact) mass is 389 g/mol. The first-order chi connectivity index (χ1) is 12.7. The van der Waals surface area contributed by atoms with Crippen molar-refractivity contribution in [3.63, 3.8) is 0 Å². The van der Waals surface area contributed by atoms with Gasteiger partial charge < -0.3 is 9.47 Å². The van der Waals surface area contributed by atoms with Crippen molar-refractivity contribution in [2.45, 2.75) is 25.4 Å². The lowest BCUT2D eigenvalue weighted by Crippen LogP contribution is -2.40. The van der Waals surface area contributed by atoms with Crippen molar-refractivity contribution >= 4 is 18.4 Å². The van der Waals surface area contributed by atoms with E-state index in [-0.39, 0.29) is 18.4 Å². The van der Waals surface area contributed by atoms with Gasteiger partial charge in [0.25, 0.3) is 0 Å². The summed E-state index contributed by atoms with van der Waals surface area (Å²) in [6, 6.07) is 19.8. The molecule has 0 amide bonds. The second-order valence-corrected chi connectivity index (χ2v) is 6.94. The van der Waals surface area contributed by atoms with E-state index < -0.39 is 5.60 Å². The number of carbonyl (C=O) groups excluding carboxylic acids is 1. The zero-order valence-corrected chi connectivity index (χ0v) is 16.6. The number of rotatable bonds is 7. The van der Waals surface area contributed by atoms with E-state index in [1.165, 1.54) is 0 Å². The van der Waals surface area contributed by atoms with Crippen LogP contribution in [0.25, 0.3) is 0 Å². The lowest BCUT2D eigenvalue weighted by atomic mass is 9.91. The number of carbonyl (C=O) groups is 1. The second-order valence-electron chi connectivity index (χ2n) is 6.94. The Bertz CT molecular complexity index is 689. The van der Waals surface area contributed by atoms with E-state index in [4.69, 9.17) is 9.47 Å². The summed E-state index contributed by atoms with van der Waals surface area (Å²) >= 11 is 0. The number of benzene rings is 2. The van der Waals surface area contributed by atoms with E-state index in [2.05, 4.69) is 4.90 Å². The molecule has 0 aliphatic carbocycles. The number of morpholine rings is 1. The van der Waals surface area contributed by atoms with Gasteiger partial charge in [0.05, 0.1) is 19.6 Å². The molecular weight excluding hydrogens is 362 g/mol. The van der Waals surface area contributed by atoms with Crippen LogP contribution in [0.15, 0.2) is 60.7 Å². The summed E-state index contributed by atoms with van der Waals surface area (Å²) in [4.78, 5) is 15.0. The van der Waals surface area contributed by atoms with E-state index in [1.807, 2.05) is 67.6 Å². The minimum Gasteiger partial charge on any atom is -0.454 e. The average molecular weight is 390 g/mol. The van der Waals surface area contributed by atoms with Crippen molar-refractivity contribution in [3.05, 3.63) is 71.8 Å². The predicted molar refractivity (Wildman–Crippen MR) is 109 cm³/mol. The third-order valence-corrected chi connectivity index (χ3v) is 4.92. The van der Waals surface area contributed by atoms with Crippen LogP contribution in [-0.2, 0) is 26.3 Å². The largest absolute Gasteiger partial charge is 0.454 e. The molecule has 0 N–H and O–H groups in total. The van der Waals surface area contributed by atoms with Crippen LogP contribution in [0.1, 0.15) is 24.5 Å². The summed E-state index contributed by atoms with van der Waals surface area (Å²) in [7, 11) is 0. The van der Waals surface area contributed by atoms with Crippen LogP contribution < -0.4 is 0 Å². The predicted octanol–water partition coefficient (Wildman–Crippen LogP) is 3.83. The van der Waals surface area contributed by atoms with Crippen molar-refractivity contribution in [2.24, 2.45) is 0 Å². The molecular formula is C22H28ClNO3. The van der Waals surface area contributed by atoms with Gasteiger partial charge in [-0.15, -0.1) is 12.4 Å². The number of esters is 1. The molecule has 146 valence electrons. The Kier molecular flexibility index (Phi) is 8.29. The zero-order chi connectivity index (χ0) is 18.2. The highest BCUT2D eigenvalue weighted by Gasteiger charge is 2.31. The Labute approximate surface area is 167 Å². The Balaban J connectivity index is 0.00000261. The normalized spacial score (nSPS) is 16.8. The van der Waals surface area contributed by atoms with Crippen LogP contribution in [0.5, 0.6) is 0 Å². The minimum atomic E-state index is -0.634. The maximum Gasteiger partial charge on any atom is 0.311 e. The Morgan fingerprint density at radius 2 is 1.63 bits per heavy atom. The molecule has 1 aliphatic heterocycles. The van der Waals surface area contributed by atoms with E-state index in [0.717, 1.165) is 50.4 Å². The molecule has 0 spiro atoms. The smallest absolute Gasteiger partial charge is 0.311 e. The first kappa shape index (κ1) is 21.4. The summed E-state index contributed by atoms with van der Waals surface area (Å²) in [6.07, 6.45) is 1.05. The first-order valence-electron chi connectivity index (χ1n) is 9.27. The van der Waals surface area contributed by atoms with Gasteiger partial charge in [0.1, 0.15) is 5.60 Å². The highest BCUT2D eigenvalue weighted by atomic mass is 35.5. The molecule has 1 heterocycles. The highest BCUT2D eigenvalue weighted by Crippen LogP contribution is 2.30. The number of hydrogen-bond donors (Lipinski definition) is 0. The van der Waals surface area contributed by atoms with Crippen LogP contribution in [0.4, 0.5) is 0 Å². The van der Waals surface area contributed by atoms with Crippen molar-refractivity contribution in [2.75, 3.05) is 32.8 Å². The summed E-state index contributed by atoms with van der Waals surface area (Å²) in [5.41, 5.74) is 1.38. The topological polar surface area (TPSA) is 38.8 Å². The summed E-state index contributed by atoms with van der Waals surface area (Å²) in [5, 5.41) is 0. The molecule has 1 unspecified atom stereocenters. The maximum absolute atomic E-state index is 12.6. The van der Waals surface area contributed by atoms with Gasteiger partial charge in [0.2, 0.25) is 0 Å². The fourth-order valence-corrected chi connectivity index (χ4v) is 3.29. The van der Waals surface area contributed by atoms with Gasteiger partial charge in [-0.05, 0) is 18.1 Å². The number of ether oxygens (including phenoxy) is 2. The van der Waals surface area contributed by atoms with Gasteiger partial charge >= 0.3 is 5.97 Å². The lowest BCUT2D eigenvalue weighted by Gasteiger charge is -2.34. The van der Waals surface area contributed by atoms with Gasteiger partial charge in [0.15, 0.2) is 0 Å². The number of halogens is 1. The van der Waals surface area contributed by atoms with Crippen LogP contribution >= 0.6 is 12.4 Å². The van der Waals surface area contributed by atoms with Gasteiger partial charge in [-0.25, -0.2) is 0 Å². The Hall–Kier alpha value is -1.88. The second kappa shape index (κ2) is 10.5. The SMILES string of the molecule is CC(CCN1CCOCC1)(OC(=O)Cc1ccccc1)c1ccccc1.Cl. The van der Waals surface area contributed by atoms with Crippen molar-refractivity contribution < 1.29 is 14.3 Å². The molecule has 27 heavy (non-hydrogen) atoms. The van der Waals surface area contributed by atoms with Gasteiger partial charge in [-0.3, -0.25) is 9.69 Å². The standard InChI is InChI=1S/C22H27NO3.ClH/c1-22(20-10-6-3-7-11-20,12-13-23-14-16-25-17-15-23)26-21(24)18-19-8-4-2-5-9-19;/h2-11H,12-18H2,1H3;1H. The van der Waals surface area contributed by atoms with E-state index in [9.17, 15) is 4.79 Å². The molecule has 0 radical (unpaired) electrons. The summed E-state index contributed by atoms with van der Waals surface area (Å²) in [6.45, 7) is 6.32. The highest BCUT2D eigenvalue weighted by molar-refractivity contribution is 5.85. The summed E-state index contributed by atoms with van der Waals surface area (Å²) < 4.78 is 11.4. The molecule has 1 fully saturated rings. The van der Waals surface area contributed by atoms with E-state index in [0.29, 0.717) is 6.42 Å². The van der Waals surface area contributed by atoms with E-state index >= 15 is 0 Å². The zero-order valence-electron chi connectivity index (χ0n) is 15.8. The third kappa shape index (κ3) is 6.35. The average Bonchev–Trinajstić information content (AvgIpc) is 2.69. The molecule has 2 aromatic carbocycles. The Morgan fingerprint density at radius 1 is 1.04 bits per heavy atom. The van der Waals surface area contributed by atoms with Crippen LogP contribution in [0, 0.1) is 0 Å². The van der Waals surface area contributed by atoms with Crippen LogP contribution in [-0.4, -0.2) is 43.7 Å². The number of hydrogen-bond acceptors (Lipinski definition) is 4. The number of nitrogens with zero attached hydrogens (tertiary/aromatic N) is 1. The fourth-order valence-electron chi connectivity index (χ4n) is 3.29. The van der Waals surface area contributed by atoms with Gasteiger partial charge in [-0.2, -0.15) is 0 Å². The summed E-state index contributed by atoms with van der Waals surface area (Å²) in [5.74, 6) is -0.190. The maximum atomic E-state index is 12.6. The van der Waals surface area contributed by atoms with Crippen molar-refractivity contribution in [3.8, 4) is 0 Å². The Morgan fingerprint density at radius 3 is 2.26 bits per heavy atom. The molecule has 0 bridgehead atoms. The van der Waals surface area contributed by atoms with Crippen molar-refractivity contribution in [1.82, 2.24) is 4.90 Å². The molecule has 0 aromatic heterocycles. The molecule has 0 saturated carbocycles. The molecule has 1 saturated heterocycles. The quantitative estimate of drug-likeness (QED) is 0.674. The van der Waals surface area contributed by atoms with Gasteiger partial charge in [-0.1, -0.05) is 60.7 Å².